The number of anilines is 2. The lowest BCUT2D eigenvalue weighted by molar-refractivity contribution is -0.131. The van der Waals surface area contributed by atoms with Crippen molar-refractivity contribution in [3.63, 3.8) is 0 Å². The normalized spacial score (nSPS) is 14.8. The molecule has 1 aliphatic rings. The third kappa shape index (κ3) is 4.42. The van der Waals surface area contributed by atoms with Crippen LogP contribution < -0.4 is 5.32 Å². The van der Waals surface area contributed by atoms with Crippen LogP contribution in [0.3, 0.4) is 0 Å². The number of pyridine rings is 2. The Balaban J connectivity index is 1.37. The quantitative estimate of drug-likeness (QED) is 0.712. The van der Waals surface area contributed by atoms with Gasteiger partial charge in [-0.25, -0.2) is 14.6 Å². The van der Waals surface area contributed by atoms with Crippen molar-refractivity contribution >= 4 is 17.5 Å². The standard InChI is InChI=1S/C21H24N6O2/c1-14-5-4-10-22-21(14)24-19-7-3-6-17(23-19)16-8-11-27(12-9-16)20(28)13-18-15(2)25-29-26-18/h3-7,10,16H,8-9,11-13H2,1-2H3,(H,22,23,24). The molecule has 4 rings (SSSR count). The first-order valence-electron chi connectivity index (χ1n) is 9.81. The number of hydrogen-bond acceptors (Lipinski definition) is 7. The van der Waals surface area contributed by atoms with Gasteiger partial charge in [0.05, 0.1) is 6.42 Å². The first-order valence-corrected chi connectivity index (χ1v) is 9.81. The molecular formula is C21H24N6O2. The Bertz CT molecular complexity index is 994. The molecule has 0 aliphatic carbocycles. The fourth-order valence-electron chi connectivity index (χ4n) is 3.58. The van der Waals surface area contributed by atoms with Crippen molar-refractivity contribution in [2.45, 2.75) is 39.0 Å². The van der Waals surface area contributed by atoms with Crippen molar-refractivity contribution in [1.82, 2.24) is 25.2 Å². The summed E-state index contributed by atoms with van der Waals surface area (Å²) in [4.78, 5) is 23.6. The first kappa shape index (κ1) is 19.0. The molecule has 1 aliphatic heterocycles. The molecule has 3 aromatic rings. The monoisotopic (exact) mass is 392 g/mol. The van der Waals surface area contributed by atoms with Gasteiger partial charge < -0.3 is 10.2 Å². The molecule has 1 amide bonds. The van der Waals surface area contributed by atoms with Gasteiger partial charge in [0.15, 0.2) is 0 Å². The topological polar surface area (TPSA) is 97.0 Å². The Labute approximate surface area is 169 Å². The van der Waals surface area contributed by atoms with Crippen LogP contribution in [-0.2, 0) is 11.2 Å². The van der Waals surface area contributed by atoms with Crippen LogP contribution in [0, 0.1) is 13.8 Å². The van der Waals surface area contributed by atoms with Gasteiger partial charge in [0.25, 0.3) is 0 Å². The lowest BCUT2D eigenvalue weighted by atomic mass is 9.93. The zero-order valence-electron chi connectivity index (χ0n) is 16.6. The van der Waals surface area contributed by atoms with Gasteiger partial charge >= 0.3 is 0 Å². The maximum atomic E-state index is 12.5. The molecule has 1 N–H and O–H groups in total. The minimum atomic E-state index is 0.0660. The van der Waals surface area contributed by atoms with E-state index in [-0.39, 0.29) is 12.3 Å². The molecule has 0 atom stereocenters. The highest BCUT2D eigenvalue weighted by atomic mass is 16.6. The number of likely N-dealkylation sites (tertiary alicyclic amines) is 1. The Kier molecular flexibility index (Phi) is 5.50. The molecule has 3 aromatic heterocycles. The summed E-state index contributed by atoms with van der Waals surface area (Å²) in [5.74, 6) is 2.00. The minimum Gasteiger partial charge on any atom is -0.342 e. The second-order valence-corrected chi connectivity index (χ2v) is 7.37. The summed E-state index contributed by atoms with van der Waals surface area (Å²) in [7, 11) is 0. The van der Waals surface area contributed by atoms with E-state index in [1.807, 2.05) is 36.1 Å². The molecule has 0 bridgehead atoms. The number of carbonyl (C=O) groups excluding carboxylic acids is 1. The van der Waals surface area contributed by atoms with E-state index >= 15 is 0 Å². The lowest BCUT2D eigenvalue weighted by Crippen LogP contribution is -2.39. The zero-order chi connectivity index (χ0) is 20.2. The number of amides is 1. The smallest absolute Gasteiger partial charge is 0.228 e. The average Bonchev–Trinajstić information content (AvgIpc) is 3.14. The lowest BCUT2D eigenvalue weighted by Gasteiger charge is -2.31. The fourth-order valence-corrected chi connectivity index (χ4v) is 3.58. The molecular weight excluding hydrogens is 368 g/mol. The average molecular weight is 392 g/mol. The molecule has 8 nitrogen and oxygen atoms in total. The minimum absolute atomic E-state index is 0.0660. The number of piperidine rings is 1. The van der Waals surface area contributed by atoms with E-state index in [1.165, 1.54) is 0 Å². The van der Waals surface area contributed by atoms with Crippen molar-refractivity contribution in [2.24, 2.45) is 0 Å². The predicted molar refractivity (Wildman–Crippen MR) is 108 cm³/mol. The highest BCUT2D eigenvalue weighted by Crippen LogP contribution is 2.28. The van der Waals surface area contributed by atoms with Crippen LogP contribution in [0.4, 0.5) is 11.6 Å². The Morgan fingerprint density at radius 2 is 2.00 bits per heavy atom. The van der Waals surface area contributed by atoms with Gasteiger partial charge in [-0.3, -0.25) is 4.79 Å². The van der Waals surface area contributed by atoms with Crippen molar-refractivity contribution in [2.75, 3.05) is 18.4 Å². The highest BCUT2D eigenvalue weighted by Gasteiger charge is 2.25. The number of hydrogen-bond donors (Lipinski definition) is 1. The van der Waals surface area contributed by atoms with E-state index in [0.717, 1.165) is 35.7 Å². The van der Waals surface area contributed by atoms with Crippen molar-refractivity contribution in [3.05, 3.63) is 59.2 Å². The summed E-state index contributed by atoms with van der Waals surface area (Å²) in [5.41, 5.74) is 3.41. The van der Waals surface area contributed by atoms with Crippen LogP contribution in [0.5, 0.6) is 0 Å². The number of nitrogens with zero attached hydrogens (tertiary/aromatic N) is 5. The van der Waals surface area contributed by atoms with Gasteiger partial charge in [0.2, 0.25) is 5.91 Å². The van der Waals surface area contributed by atoms with Gasteiger partial charge in [-0.05, 0) is 50.5 Å². The molecule has 4 heterocycles. The van der Waals surface area contributed by atoms with Crippen LogP contribution in [0.1, 0.15) is 41.4 Å². The zero-order valence-corrected chi connectivity index (χ0v) is 16.6. The Morgan fingerprint density at radius 3 is 2.72 bits per heavy atom. The number of aromatic nitrogens is 4. The van der Waals surface area contributed by atoms with Crippen LogP contribution >= 0.6 is 0 Å². The molecule has 8 heteroatoms. The van der Waals surface area contributed by atoms with Gasteiger partial charge in [0, 0.05) is 30.9 Å². The van der Waals surface area contributed by atoms with Gasteiger partial charge in [-0.1, -0.05) is 22.4 Å². The van der Waals surface area contributed by atoms with E-state index in [2.05, 4.69) is 31.3 Å². The summed E-state index contributed by atoms with van der Waals surface area (Å²) < 4.78 is 4.68. The van der Waals surface area contributed by atoms with Gasteiger partial charge in [-0.15, -0.1) is 0 Å². The third-order valence-electron chi connectivity index (χ3n) is 5.36. The van der Waals surface area contributed by atoms with Gasteiger partial charge in [0.1, 0.15) is 23.0 Å². The maximum absolute atomic E-state index is 12.5. The van der Waals surface area contributed by atoms with Crippen LogP contribution in [-0.4, -0.2) is 44.2 Å². The fraction of sp³-hybridized carbons (Fsp3) is 0.381. The highest BCUT2D eigenvalue weighted by molar-refractivity contribution is 5.78. The summed E-state index contributed by atoms with van der Waals surface area (Å²) in [5, 5.41) is 10.8. The SMILES string of the molecule is Cc1cccnc1Nc1cccc(C2CCN(C(=O)Cc3nonc3C)CC2)n1. The number of aryl methyl sites for hydroxylation is 2. The van der Waals surface area contributed by atoms with Crippen LogP contribution in [0.25, 0.3) is 0 Å². The van der Waals surface area contributed by atoms with E-state index in [0.29, 0.717) is 30.4 Å². The van der Waals surface area contributed by atoms with Crippen molar-refractivity contribution in [3.8, 4) is 0 Å². The summed E-state index contributed by atoms with van der Waals surface area (Å²) in [6, 6.07) is 9.96. The molecule has 0 saturated carbocycles. The molecule has 0 unspecified atom stereocenters. The summed E-state index contributed by atoms with van der Waals surface area (Å²) in [6.07, 6.45) is 3.78. The summed E-state index contributed by atoms with van der Waals surface area (Å²) >= 11 is 0. The van der Waals surface area contributed by atoms with E-state index in [1.54, 1.807) is 13.1 Å². The van der Waals surface area contributed by atoms with Crippen molar-refractivity contribution < 1.29 is 9.42 Å². The molecule has 0 aromatic carbocycles. The molecule has 29 heavy (non-hydrogen) atoms. The second kappa shape index (κ2) is 8.38. The largest absolute Gasteiger partial charge is 0.342 e. The molecule has 1 fully saturated rings. The van der Waals surface area contributed by atoms with Gasteiger partial charge in [-0.2, -0.15) is 0 Å². The van der Waals surface area contributed by atoms with E-state index < -0.39 is 0 Å². The molecule has 0 spiro atoms. The maximum Gasteiger partial charge on any atom is 0.228 e. The van der Waals surface area contributed by atoms with Crippen LogP contribution in [0.15, 0.2) is 41.2 Å². The van der Waals surface area contributed by atoms with Crippen LogP contribution in [0.2, 0.25) is 0 Å². The number of nitrogens with one attached hydrogen (secondary N) is 1. The second-order valence-electron chi connectivity index (χ2n) is 7.37. The predicted octanol–water partition coefficient (Wildman–Crippen LogP) is 3.17. The third-order valence-corrected chi connectivity index (χ3v) is 5.36. The first-order chi connectivity index (χ1) is 14.1. The van der Waals surface area contributed by atoms with E-state index in [4.69, 9.17) is 4.98 Å². The van der Waals surface area contributed by atoms with E-state index in [9.17, 15) is 4.79 Å². The van der Waals surface area contributed by atoms with Crippen molar-refractivity contribution in [1.29, 1.82) is 0 Å². The summed E-state index contributed by atoms with van der Waals surface area (Å²) in [6.45, 7) is 5.24. The Morgan fingerprint density at radius 1 is 1.17 bits per heavy atom. The molecule has 1 saturated heterocycles. The molecule has 0 radical (unpaired) electrons. The molecule has 150 valence electrons. The number of carbonyl (C=O) groups is 1. The number of rotatable bonds is 5. The Hall–Kier alpha value is -3.29.